The summed E-state index contributed by atoms with van der Waals surface area (Å²) in [6, 6.07) is 9.72. The Labute approximate surface area is 104 Å². The van der Waals surface area contributed by atoms with Crippen molar-refractivity contribution in [3.05, 3.63) is 42.4 Å². The summed E-state index contributed by atoms with van der Waals surface area (Å²) in [7, 11) is 1.66. The molecule has 1 aromatic carbocycles. The Morgan fingerprint density at radius 1 is 1.17 bits per heavy atom. The van der Waals surface area contributed by atoms with Crippen LogP contribution in [0.1, 0.15) is 5.82 Å². The minimum Gasteiger partial charge on any atom is -0.496 e. The lowest BCUT2D eigenvalue weighted by atomic mass is 10.1. The number of para-hydroxylation sites is 1. The fraction of sp³-hybridized carbons (Fsp3) is 0.154. The molecule has 5 nitrogen and oxygen atoms in total. The van der Waals surface area contributed by atoms with Gasteiger partial charge in [0.15, 0.2) is 0 Å². The van der Waals surface area contributed by atoms with Gasteiger partial charge < -0.3 is 4.74 Å². The molecule has 3 aromatic rings. The number of aryl methyl sites for hydroxylation is 1. The van der Waals surface area contributed by atoms with Gasteiger partial charge in [-0.1, -0.05) is 12.1 Å². The fourth-order valence-electron chi connectivity index (χ4n) is 1.95. The van der Waals surface area contributed by atoms with Crippen molar-refractivity contribution in [2.45, 2.75) is 6.92 Å². The highest BCUT2D eigenvalue weighted by molar-refractivity contribution is 5.68. The molecule has 0 radical (unpaired) electrons. The molecule has 2 heterocycles. The van der Waals surface area contributed by atoms with Crippen LogP contribution in [0.2, 0.25) is 0 Å². The average Bonchev–Trinajstić information content (AvgIpc) is 2.78. The first kappa shape index (κ1) is 10.7. The van der Waals surface area contributed by atoms with Crippen LogP contribution in [0.25, 0.3) is 17.0 Å². The van der Waals surface area contributed by atoms with Gasteiger partial charge in [0.1, 0.15) is 11.6 Å². The molecule has 18 heavy (non-hydrogen) atoms. The molecule has 0 atom stereocenters. The topological polar surface area (TPSA) is 52.3 Å². The van der Waals surface area contributed by atoms with E-state index in [2.05, 4.69) is 15.1 Å². The first-order valence-corrected chi connectivity index (χ1v) is 5.61. The van der Waals surface area contributed by atoms with Crippen molar-refractivity contribution in [1.82, 2.24) is 19.6 Å². The smallest absolute Gasteiger partial charge is 0.252 e. The van der Waals surface area contributed by atoms with Crippen molar-refractivity contribution in [1.29, 1.82) is 0 Å². The average molecular weight is 240 g/mol. The molecule has 0 bridgehead atoms. The maximum Gasteiger partial charge on any atom is 0.252 e. The summed E-state index contributed by atoms with van der Waals surface area (Å²) >= 11 is 0. The molecule has 0 unspecified atom stereocenters. The molecule has 0 fully saturated rings. The minimum absolute atomic E-state index is 0.593. The van der Waals surface area contributed by atoms with Gasteiger partial charge in [0.25, 0.3) is 5.78 Å². The zero-order valence-electron chi connectivity index (χ0n) is 10.2. The molecule has 0 amide bonds. The van der Waals surface area contributed by atoms with E-state index in [9.17, 15) is 0 Å². The van der Waals surface area contributed by atoms with Crippen molar-refractivity contribution in [3.63, 3.8) is 0 Å². The minimum atomic E-state index is 0.593. The number of nitrogens with zero attached hydrogens (tertiary/aromatic N) is 4. The van der Waals surface area contributed by atoms with E-state index in [1.807, 2.05) is 37.3 Å². The van der Waals surface area contributed by atoms with Gasteiger partial charge in [-0.3, -0.25) is 0 Å². The fourth-order valence-corrected chi connectivity index (χ4v) is 1.95. The predicted octanol–water partition coefficient (Wildman–Crippen LogP) is 2.11. The standard InChI is InChI=1S/C13H12N4O/c1-9-15-13-14-8-7-11(17(13)16-9)10-5-3-4-6-12(10)18-2/h3-8H,1-2H3. The number of hydrogen-bond donors (Lipinski definition) is 0. The van der Waals surface area contributed by atoms with E-state index in [1.54, 1.807) is 17.8 Å². The van der Waals surface area contributed by atoms with E-state index in [0.717, 1.165) is 17.0 Å². The van der Waals surface area contributed by atoms with Crippen molar-refractivity contribution in [3.8, 4) is 17.0 Å². The SMILES string of the molecule is COc1ccccc1-c1ccnc2nc(C)nn12. The Morgan fingerprint density at radius 3 is 2.83 bits per heavy atom. The molecule has 0 aliphatic heterocycles. The lowest BCUT2D eigenvalue weighted by Crippen LogP contribution is -1.97. The number of hydrogen-bond acceptors (Lipinski definition) is 4. The Kier molecular flexibility index (Phi) is 2.44. The quantitative estimate of drug-likeness (QED) is 0.688. The molecule has 90 valence electrons. The van der Waals surface area contributed by atoms with E-state index in [0.29, 0.717) is 11.6 Å². The van der Waals surface area contributed by atoms with E-state index in [1.165, 1.54) is 0 Å². The number of benzene rings is 1. The first-order valence-electron chi connectivity index (χ1n) is 5.61. The molecule has 0 saturated heterocycles. The van der Waals surface area contributed by atoms with Gasteiger partial charge in [0.05, 0.1) is 12.8 Å². The summed E-state index contributed by atoms with van der Waals surface area (Å²) in [5.41, 5.74) is 1.88. The number of methoxy groups -OCH3 is 1. The van der Waals surface area contributed by atoms with Gasteiger partial charge in [-0.2, -0.15) is 9.50 Å². The van der Waals surface area contributed by atoms with Gasteiger partial charge in [-0.15, -0.1) is 5.10 Å². The van der Waals surface area contributed by atoms with Gasteiger partial charge in [0, 0.05) is 11.8 Å². The highest BCUT2D eigenvalue weighted by Crippen LogP contribution is 2.28. The Bertz CT molecular complexity index is 705. The summed E-state index contributed by atoms with van der Waals surface area (Å²) < 4.78 is 7.10. The van der Waals surface area contributed by atoms with Gasteiger partial charge >= 0.3 is 0 Å². The van der Waals surface area contributed by atoms with Crippen LogP contribution < -0.4 is 4.74 Å². The van der Waals surface area contributed by atoms with E-state index >= 15 is 0 Å². The van der Waals surface area contributed by atoms with Crippen molar-refractivity contribution >= 4 is 5.78 Å². The molecule has 0 N–H and O–H groups in total. The highest BCUT2D eigenvalue weighted by atomic mass is 16.5. The van der Waals surface area contributed by atoms with Gasteiger partial charge in [-0.25, -0.2) is 4.98 Å². The second kappa shape index (κ2) is 4.10. The molecule has 0 aliphatic rings. The maximum absolute atomic E-state index is 5.37. The summed E-state index contributed by atoms with van der Waals surface area (Å²) in [4.78, 5) is 8.45. The van der Waals surface area contributed by atoms with E-state index < -0.39 is 0 Å². The van der Waals surface area contributed by atoms with Crippen molar-refractivity contribution in [2.24, 2.45) is 0 Å². The van der Waals surface area contributed by atoms with Crippen LogP contribution in [0.5, 0.6) is 5.75 Å². The summed E-state index contributed by atoms with van der Waals surface area (Å²) in [5, 5.41) is 4.35. The second-order valence-corrected chi connectivity index (χ2v) is 3.90. The zero-order chi connectivity index (χ0) is 12.5. The molecule has 2 aromatic heterocycles. The van der Waals surface area contributed by atoms with E-state index in [4.69, 9.17) is 4.74 Å². The van der Waals surface area contributed by atoms with Crippen LogP contribution in [-0.2, 0) is 0 Å². The molecule has 0 spiro atoms. The third-order valence-electron chi connectivity index (χ3n) is 2.73. The summed E-state index contributed by atoms with van der Waals surface area (Å²) in [6.07, 6.45) is 1.73. The van der Waals surface area contributed by atoms with Crippen LogP contribution >= 0.6 is 0 Å². The van der Waals surface area contributed by atoms with Crippen LogP contribution in [-0.4, -0.2) is 26.7 Å². The van der Waals surface area contributed by atoms with E-state index in [-0.39, 0.29) is 0 Å². The van der Waals surface area contributed by atoms with Crippen molar-refractivity contribution in [2.75, 3.05) is 7.11 Å². The molecular weight excluding hydrogens is 228 g/mol. The molecular formula is C13H12N4O. The molecule has 5 heteroatoms. The summed E-state index contributed by atoms with van der Waals surface area (Å²) in [5.74, 6) is 2.10. The molecule has 3 rings (SSSR count). The first-order chi connectivity index (χ1) is 8.79. The Morgan fingerprint density at radius 2 is 2.00 bits per heavy atom. The third kappa shape index (κ3) is 1.60. The molecule has 0 aliphatic carbocycles. The predicted molar refractivity (Wildman–Crippen MR) is 67.5 cm³/mol. The molecule has 0 saturated carbocycles. The largest absolute Gasteiger partial charge is 0.496 e. The third-order valence-corrected chi connectivity index (χ3v) is 2.73. The number of rotatable bonds is 2. The number of fused-ring (bicyclic) bond motifs is 1. The Balaban J connectivity index is 2.31. The lowest BCUT2D eigenvalue weighted by Gasteiger charge is -2.08. The van der Waals surface area contributed by atoms with Crippen LogP contribution in [0.4, 0.5) is 0 Å². The van der Waals surface area contributed by atoms with Crippen LogP contribution in [0.15, 0.2) is 36.5 Å². The second-order valence-electron chi connectivity index (χ2n) is 3.90. The lowest BCUT2D eigenvalue weighted by molar-refractivity contribution is 0.416. The van der Waals surface area contributed by atoms with Gasteiger partial charge in [0.2, 0.25) is 0 Å². The normalized spacial score (nSPS) is 10.8. The maximum atomic E-state index is 5.37. The Hall–Kier alpha value is -2.43. The van der Waals surface area contributed by atoms with Crippen molar-refractivity contribution < 1.29 is 4.74 Å². The number of aromatic nitrogens is 4. The van der Waals surface area contributed by atoms with Crippen LogP contribution in [0.3, 0.4) is 0 Å². The van der Waals surface area contributed by atoms with Crippen LogP contribution in [0, 0.1) is 6.92 Å². The summed E-state index contributed by atoms with van der Waals surface area (Å²) in [6.45, 7) is 1.85. The highest BCUT2D eigenvalue weighted by Gasteiger charge is 2.11. The van der Waals surface area contributed by atoms with Gasteiger partial charge in [-0.05, 0) is 25.1 Å². The number of ether oxygens (including phenoxy) is 1. The monoisotopic (exact) mass is 240 g/mol. The zero-order valence-corrected chi connectivity index (χ0v) is 10.2.